The minimum Gasteiger partial charge on any atom is -0.491 e. The Morgan fingerprint density at radius 3 is 2.58 bits per heavy atom. The van der Waals surface area contributed by atoms with Crippen LogP contribution in [0.15, 0.2) is 24.3 Å². The number of carbonyl (C=O) groups excluding carboxylic acids is 2. The van der Waals surface area contributed by atoms with E-state index in [1.165, 1.54) is 12.0 Å². The zero-order chi connectivity index (χ0) is 14.4. The Morgan fingerprint density at radius 1 is 1.32 bits per heavy atom. The molecule has 0 saturated carbocycles. The molecule has 5 heteroatoms. The van der Waals surface area contributed by atoms with Crippen LogP contribution in [0, 0.1) is 0 Å². The second kappa shape index (κ2) is 6.78. The molecule has 0 aliphatic rings. The van der Waals surface area contributed by atoms with E-state index in [4.69, 9.17) is 4.74 Å². The normalized spacial score (nSPS) is 10.2. The number of methoxy groups -OCH3 is 1. The molecule has 0 heterocycles. The molecule has 0 aromatic heterocycles. The van der Waals surface area contributed by atoms with Crippen molar-refractivity contribution in [3.05, 3.63) is 29.8 Å². The summed E-state index contributed by atoms with van der Waals surface area (Å²) in [7, 11) is 2.84. The van der Waals surface area contributed by atoms with Crippen LogP contribution >= 0.6 is 0 Å². The summed E-state index contributed by atoms with van der Waals surface area (Å²) in [5.41, 5.74) is 0.476. The van der Waals surface area contributed by atoms with Crippen LogP contribution in [0.1, 0.15) is 24.2 Å². The van der Waals surface area contributed by atoms with Crippen LogP contribution in [0.3, 0.4) is 0 Å². The first-order valence-electron chi connectivity index (χ1n) is 6.03. The minimum absolute atomic E-state index is 0.0400. The van der Waals surface area contributed by atoms with Crippen LogP contribution in [0.2, 0.25) is 0 Å². The molecule has 1 rings (SSSR count). The predicted octanol–water partition coefficient (Wildman–Crippen LogP) is 1.72. The van der Waals surface area contributed by atoms with Crippen molar-refractivity contribution < 1.29 is 19.1 Å². The molecule has 0 aliphatic carbocycles. The van der Waals surface area contributed by atoms with E-state index < -0.39 is 5.97 Å². The molecule has 19 heavy (non-hydrogen) atoms. The Bertz CT molecular complexity index is 457. The number of hydrogen-bond donors (Lipinski definition) is 0. The van der Waals surface area contributed by atoms with Crippen LogP contribution in [0.25, 0.3) is 0 Å². The average Bonchev–Trinajstić information content (AvgIpc) is 2.37. The molecule has 104 valence electrons. The Labute approximate surface area is 113 Å². The topological polar surface area (TPSA) is 55.8 Å². The van der Waals surface area contributed by atoms with E-state index in [9.17, 15) is 9.59 Å². The molecule has 5 nitrogen and oxygen atoms in total. The van der Waals surface area contributed by atoms with Gasteiger partial charge in [-0.05, 0) is 32.0 Å². The first kappa shape index (κ1) is 15.0. The summed E-state index contributed by atoms with van der Waals surface area (Å²) in [4.78, 5) is 24.5. The summed E-state index contributed by atoms with van der Waals surface area (Å²) in [6.07, 6.45) is 0.0400. The maximum absolute atomic E-state index is 12.1. The van der Waals surface area contributed by atoms with Gasteiger partial charge in [-0.25, -0.2) is 0 Å². The number of hydrogen-bond acceptors (Lipinski definition) is 4. The van der Waals surface area contributed by atoms with Gasteiger partial charge in [-0.2, -0.15) is 0 Å². The third kappa shape index (κ3) is 4.62. The Kier molecular flexibility index (Phi) is 5.36. The third-order valence-corrected chi connectivity index (χ3v) is 2.39. The Balaban J connectivity index is 2.78. The second-order valence-electron chi connectivity index (χ2n) is 4.43. The lowest BCUT2D eigenvalue weighted by atomic mass is 10.2. The molecule has 0 bridgehead atoms. The van der Waals surface area contributed by atoms with E-state index in [0.717, 1.165) is 0 Å². The fraction of sp³-hybridized carbons (Fsp3) is 0.429. The summed E-state index contributed by atoms with van der Waals surface area (Å²) in [5, 5.41) is 0. The monoisotopic (exact) mass is 265 g/mol. The van der Waals surface area contributed by atoms with Gasteiger partial charge < -0.3 is 14.4 Å². The van der Waals surface area contributed by atoms with Crippen molar-refractivity contribution >= 4 is 11.9 Å². The second-order valence-corrected chi connectivity index (χ2v) is 4.43. The van der Waals surface area contributed by atoms with Crippen molar-refractivity contribution in [2.24, 2.45) is 0 Å². The molecular formula is C14H19NO4. The first-order valence-corrected chi connectivity index (χ1v) is 6.03. The maximum Gasteiger partial charge on any atom is 0.325 e. The molecule has 0 saturated heterocycles. The highest BCUT2D eigenvalue weighted by Crippen LogP contribution is 2.16. The molecule has 0 N–H and O–H groups in total. The van der Waals surface area contributed by atoms with E-state index in [2.05, 4.69) is 4.74 Å². The largest absolute Gasteiger partial charge is 0.491 e. The maximum atomic E-state index is 12.1. The first-order chi connectivity index (χ1) is 8.93. The quantitative estimate of drug-likeness (QED) is 0.761. The zero-order valence-corrected chi connectivity index (χ0v) is 11.7. The molecule has 1 aromatic rings. The third-order valence-electron chi connectivity index (χ3n) is 2.39. The number of ether oxygens (including phenoxy) is 2. The van der Waals surface area contributed by atoms with Gasteiger partial charge in [0.1, 0.15) is 12.3 Å². The predicted molar refractivity (Wildman–Crippen MR) is 71.2 cm³/mol. The number of nitrogens with zero attached hydrogens (tertiary/aromatic N) is 1. The van der Waals surface area contributed by atoms with Crippen molar-refractivity contribution in [1.82, 2.24) is 4.90 Å². The zero-order valence-electron chi connectivity index (χ0n) is 11.7. The van der Waals surface area contributed by atoms with Crippen molar-refractivity contribution in [2.45, 2.75) is 20.0 Å². The molecule has 1 amide bonds. The Hall–Kier alpha value is -2.04. The lowest BCUT2D eigenvalue weighted by molar-refractivity contribution is -0.141. The van der Waals surface area contributed by atoms with Crippen LogP contribution in [0.5, 0.6) is 5.75 Å². The van der Waals surface area contributed by atoms with Gasteiger partial charge in [0.25, 0.3) is 5.91 Å². The van der Waals surface area contributed by atoms with Gasteiger partial charge >= 0.3 is 5.97 Å². The number of benzene rings is 1. The Morgan fingerprint density at radius 2 is 2.00 bits per heavy atom. The lowest BCUT2D eigenvalue weighted by Gasteiger charge is -2.16. The summed E-state index contributed by atoms with van der Waals surface area (Å²) in [6, 6.07) is 6.88. The van der Waals surface area contributed by atoms with E-state index in [1.807, 2.05) is 13.8 Å². The summed E-state index contributed by atoms with van der Waals surface area (Å²) in [5.74, 6) is -0.0719. The molecule has 0 unspecified atom stereocenters. The summed E-state index contributed by atoms with van der Waals surface area (Å²) < 4.78 is 10.1. The highest BCUT2D eigenvalue weighted by atomic mass is 16.5. The molecular weight excluding hydrogens is 246 g/mol. The van der Waals surface area contributed by atoms with Gasteiger partial charge in [0.15, 0.2) is 0 Å². The highest BCUT2D eigenvalue weighted by molar-refractivity contribution is 5.96. The van der Waals surface area contributed by atoms with Crippen molar-refractivity contribution in [3.8, 4) is 5.75 Å². The molecule has 0 radical (unpaired) electrons. The fourth-order valence-corrected chi connectivity index (χ4v) is 1.52. The fourth-order valence-electron chi connectivity index (χ4n) is 1.52. The molecule has 0 spiro atoms. The number of amides is 1. The van der Waals surface area contributed by atoms with Gasteiger partial charge in [0.05, 0.1) is 13.2 Å². The van der Waals surface area contributed by atoms with E-state index in [-0.39, 0.29) is 18.6 Å². The molecule has 0 aliphatic heterocycles. The van der Waals surface area contributed by atoms with Crippen molar-refractivity contribution in [2.75, 3.05) is 20.7 Å². The minimum atomic E-state index is -0.453. The smallest absolute Gasteiger partial charge is 0.325 e. The van der Waals surface area contributed by atoms with Gasteiger partial charge in [-0.3, -0.25) is 9.59 Å². The van der Waals surface area contributed by atoms with Crippen LogP contribution < -0.4 is 4.74 Å². The summed E-state index contributed by atoms with van der Waals surface area (Å²) in [6.45, 7) is 3.75. The standard InChI is InChI=1S/C14H19NO4/c1-10(2)19-12-7-5-6-11(8-12)14(17)15(3)9-13(16)18-4/h5-8,10H,9H2,1-4H3. The van der Waals surface area contributed by atoms with E-state index in [0.29, 0.717) is 11.3 Å². The lowest BCUT2D eigenvalue weighted by Crippen LogP contribution is -2.32. The van der Waals surface area contributed by atoms with Gasteiger partial charge in [-0.15, -0.1) is 0 Å². The number of esters is 1. The average molecular weight is 265 g/mol. The molecule has 0 fully saturated rings. The van der Waals surface area contributed by atoms with Crippen LogP contribution in [0.4, 0.5) is 0 Å². The van der Waals surface area contributed by atoms with Crippen LogP contribution in [-0.2, 0) is 9.53 Å². The van der Waals surface area contributed by atoms with E-state index >= 15 is 0 Å². The molecule has 0 atom stereocenters. The number of carbonyl (C=O) groups is 2. The van der Waals surface area contributed by atoms with Crippen LogP contribution in [-0.4, -0.2) is 43.6 Å². The highest BCUT2D eigenvalue weighted by Gasteiger charge is 2.15. The van der Waals surface area contributed by atoms with Gasteiger partial charge in [0, 0.05) is 12.6 Å². The number of rotatable bonds is 5. The number of likely N-dealkylation sites (N-methyl/N-ethyl adjacent to an activating group) is 1. The van der Waals surface area contributed by atoms with E-state index in [1.54, 1.807) is 31.3 Å². The van der Waals surface area contributed by atoms with Gasteiger partial charge in [-0.1, -0.05) is 6.07 Å². The molecule has 1 aromatic carbocycles. The van der Waals surface area contributed by atoms with Crippen molar-refractivity contribution in [1.29, 1.82) is 0 Å². The summed E-state index contributed by atoms with van der Waals surface area (Å²) >= 11 is 0. The SMILES string of the molecule is COC(=O)CN(C)C(=O)c1cccc(OC(C)C)c1. The van der Waals surface area contributed by atoms with Gasteiger partial charge in [0.2, 0.25) is 0 Å². The van der Waals surface area contributed by atoms with Crippen molar-refractivity contribution in [3.63, 3.8) is 0 Å².